The van der Waals surface area contributed by atoms with Crippen molar-refractivity contribution >= 4 is 40.3 Å². The van der Waals surface area contributed by atoms with Crippen LogP contribution in [0, 0.1) is 11.8 Å². The SMILES string of the molecule is CN1C(=O)CN(c2nc3cc(/C(N)=N/O)nc(-c4cncc(Cl)c4)c3n2C[C@H]2CC[C@H](C)CC2)[C@H]2CCC[C@@H]21. The second kappa shape index (κ2) is 10.3. The summed E-state index contributed by atoms with van der Waals surface area (Å²) >= 11 is 6.35. The third-order valence-corrected chi connectivity index (χ3v) is 9.13. The van der Waals surface area contributed by atoms with Gasteiger partial charge in [-0.15, -0.1) is 0 Å². The molecule has 2 atom stereocenters. The molecule has 3 fully saturated rings. The number of likely N-dealkylation sites (N-methyl/N-ethyl adjacent to an activating group) is 1. The van der Waals surface area contributed by atoms with Gasteiger partial charge in [-0.3, -0.25) is 9.78 Å². The summed E-state index contributed by atoms with van der Waals surface area (Å²) in [5.74, 6) is 2.03. The molecule has 2 saturated carbocycles. The van der Waals surface area contributed by atoms with E-state index in [1.54, 1.807) is 18.5 Å². The molecular weight excluding hydrogens is 516 g/mol. The number of imidazole rings is 1. The summed E-state index contributed by atoms with van der Waals surface area (Å²) in [5.41, 5.74) is 9.21. The standard InChI is InChI=1S/C28H35ClN8O2/c1-16-6-8-17(9-7-16)14-37-26-20(33-28(37)36-15-24(38)35(2)22-4-3-5-23(22)36)11-21(27(30)34-39)32-25(26)18-10-19(29)13-31-12-18/h10-13,16-17,22-23,39H,3-9,14-15H2,1-2H3,(H2,30,34)/t16-,17-,22-,23-/m0/s1. The highest BCUT2D eigenvalue weighted by atomic mass is 35.5. The van der Waals surface area contributed by atoms with Crippen molar-refractivity contribution < 1.29 is 10.0 Å². The van der Waals surface area contributed by atoms with E-state index < -0.39 is 0 Å². The fourth-order valence-corrected chi connectivity index (χ4v) is 6.92. The van der Waals surface area contributed by atoms with Gasteiger partial charge in [-0.2, -0.15) is 0 Å². The number of rotatable bonds is 5. The van der Waals surface area contributed by atoms with Gasteiger partial charge in [0.25, 0.3) is 0 Å². The molecule has 0 bridgehead atoms. The van der Waals surface area contributed by atoms with Gasteiger partial charge < -0.3 is 25.3 Å². The number of oxime groups is 1. The lowest BCUT2D eigenvalue weighted by Gasteiger charge is -2.43. The number of anilines is 1. The van der Waals surface area contributed by atoms with E-state index in [-0.39, 0.29) is 30.4 Å². The van der Waals surface area contributed by atoms with Crippen molar-refractivity contribution in [1.29, 1.82) is 0 Å². The number of amides is 1. The number of piperazine rings is 1. The highest BCUT2D eigenvalue weighted by molar-refractivity contribution is 6.30. The van der Waals surface area contributed by atoms with Gasteiger partial charge in [0, 0.05) is 31.5 Å². The molecule has 3 aromatic heterocycles. The van der Waals surface area contributed by atoms with E-state index in [1.165, 1.54) is 12.8 Å². The number of nitrogens with two attached hydrogens (primary N) is 1. The first-order valence-corrected chi connectivity index (χ1v) is 14.2. The predicted molar refractivity (Wildman–Crippen MR) is 151 cm³/mol. The Morgan fingerprint density at radius 1 is 1.13 bits per heavy atom. The molecule has 1 aliphatic heterocycles. The zero-order valence-corrected chi connectivity index (χ0v) is 23.2. The van der Waals surface area contributed by atoms with Crippen molar-refractivity contribution in [2.24, 2.45) is 22.7 Å². The van der Waals surface area contributed by atoms with E-state index >= 15 is 0 Å². The van der Waals surface area contributed by atoms with Crippen molar-refractivity contribution in [3.63, 3.8) is 0 Å². The van der Waals surface area contributed by atoms with Crippen LogP contribution in [0.2, 0.25) is 5.02 Å². The van der Waals surface area contributed by atoms with E-state index in [0.717, 1.165) is 61.6 Å². The second-order valence-electron chi connectivity index (χ2n) is 11.4. The molecule has 11 heteroatoms. The number of carbonyl (C=O) groups is 1. The summed E-state index contributed by atoms with van der Waals surface area (Å²) in [6, 6.07) is 3.97. The number of halogens is 1. The van der Waals surface area contributed by atoms with Gasteiger partial charge in [0.1, 0.15) is 12.2 Å². The van der Waals surface area contributed by atoms with Crippen molar-refractivity contribution in [1.82, 2.24) is 24.4 Å². The topological polar surface area (TPSA) is 126 Å². The van der Waals surface area contributed by atoms with Crippen LogP contribution in [-0.2, 0) is 11.3 Å². The molecule has 3 aliphatic rings. The molecular formula is C28H35ClN8O2. The number of nitrogens with zero attached hydrogens (tertiary/aromatic N) is 7. The lowest BCUT2D eigenvalue weighted by molar-refractivity contribution is -0.132. The summed E-state index contributed by atoms with van der Waals surface area (Å²) in [6.07, 6.45) is 11.1. The molecule has 1 amide bonds. The Kier molecular flexibility index (Phi) is 6.82. The van der Waals surface area contributed by atoms with Crippen LogP contribution in [0.1, 0.15) is 57.6 Å². The van der Waals surface area contributed by atoms with Crippen LogP contribution in [0.5, 0.6) is 0 Å². The largest absolute Gasteiger partial charge is 0.409 e. The highest BCUT2D eigenvalue weighted by Crippen LogP contribution is 2.39. The van der Waals surface area contributed by atoms with Gasteiger partial charge in [0.2, 0.25) is 11.9 Å². The number of fused-ring (bicyclic) bond motifs is 2. The Morgan fingerprint density at radius 2 is 1.90 bits per heavy atom. The van der Waals surface area contributed by atoms with Gasteiger partial charge in [-0.25, -0.2) is 9.97 Å². The minimum absolute atomic E-state index is 0.101. The summed E-state index contributed by atoms with van der Waals surface area (Å²) in [5, 5.41) is 13.1. The van der Waals surface area contributed by atoms with Crippen LogP contribution >= 0.6 is 11.6 Å². The monoisotopic (exact) mass is 550 g/mol. The predicted octanol–water partition coefficient (Wildman–Crippen LogP) is 4.27. The number of pyridine rings is 2. The molecule has 6 rings (SSSR count). The number of carbonyl (C=O) groups excluding carboxylic acids is 1. The molecule has 0 spiro atoms. The third kappa shape index (κ3) is 4.68. The van der Waals surface area contributed by atoms with Crippen LogP contribution in [0.25, 0.3) is 22.3 Å². The van der Waals surface area contributed by atoms with Gasteiger partial charge in [-0.05, 0) is 56.1 Å². The van der Waals surface area contributed by atoms with Crippen LogP contribution in [-0.4, -0.2) is 67.0 Å². The highest BCUT2D eigenvalue weighted by Gasteiger charge is 2.43. The first-order valence-electron chi connectivity index (χ1n) is 13.9. The van der Waals surface area contributed by atoms with Gasteiger partial charge in [0.05, 0.1) is 33.8 Å². The van der Waals surface area contributed by atoms with Crippen molar-refractivity contribution in [2.45, 2.75) is 70.5 Å². The van der Waals surface area contributed by atoms with Crippen molar-refractivity contribution in [3.05, 3.63) is 35.2 Å². The lowest BCUT2D eigenvalue weighted by atomic mass is 9.83. The molecule has 39 heavy (non-hydrogen) atoms. The van der Waals surface area contributed by atoms with Crippen LogP contribution in [0.4, 0.5) is 5.95 Å². The second-order valence-corrected chi connectivity index (χ2v) is 11.9. The summed E-state index contributed by atoms with van der Waals surface area (Å²) < 4.78 is 2.27. The van der Waals surface area contributed by atoms with E-state index in [1.807, 2.05) is 18.0 Å². The van der Waals surface area contributed by atoms with Crippen molar-refractivity contribution in [2.75, 3.05) is 18.5 Å². The molecule has 0 aromatic carbocycles. The smallest absolute Gasteiger partial charge is 0.242 e. The third-order valence-electron chi connectivity index (χ3n) is 8.93. The maximum Gasteiger partial charge on any atom is 0.242 e. The molecule has 1 saturated heterocycles. The number of hydrogen-bond acceptors (Lipinski definition) is 7. The lowest BCUT2D eigenvalue weighted by Crippen LogP contribution is -2.59. The van der Waals surface area contributed by atoms with Gasteiger partial charge in [0.15, 0.2) is 5.84 Å². The van der Waals surface area contributed by atoms with Gasteiger partial charge in [-0.1, -0.05) is 36.5 Å². The molecule has 2 aliphatic carbocycles. The Morgan fingerprint density at radius 3 is 2.64 bits per heavy atom. The summed E-state index contributed by atoms with van der Waals surface area (Å²) in [6.45, 7) is 3.40. The first kappa shape index (κ1) is 25.9. The zero-order chi connectivity index (χ0) is 27.3. The maximum absolute atomic E-state index is 13.1. The summed E-state index contributed by atoms with van der Waals surface area (Å²) in [4.78, 5) is 31.6. The molecule has 0 radical (unpaired) electrons. The minimum atomic E-state index is -0.101. The Labute approximate surface area is 232 Å². The molecule has 3 N–H and O–H groups in total. The Bertz CT molecular complexity index is 1430. The number of hydrogen-bond donors (Lipinski definition) is 2. The molecule has 3 aromatic rings. The molecule has 10 nitrogen and oxygen atoms in total. The number of aromatic nitrogens is 4. The van der Waals surface area contributed by atoms with E-state index in [0.29, 0.717) is 27.8 Å². The average Bonchev–Trinajstić information content (AvgIpc) is 3.57. The van der Waals surface area contributed by atoms with E-state index in [9.17, 15) is 10.0 Å². The maximum atomic E-state index is 13.1. The van der Waals surface area contributed by atoms with E-state index in [2.05, 4.69) is 26.5 Å². The first-order chi connectivity index (χ1) is 18.8. The number of amidine groups is 1. The zero-order valence-electron chi connectivity index (χ0n) is 22.4. The Hall–Kier alpha value is -3.40. The molecule has 4 heterocycles. The fraction of sp³-hybridized carbons (Fsp3) is 0.536. The van der Waals surface area contributed by atoms with E-state index in [4.69, 9.17) is 27.3 Å². The molecule has 206 valence electrons. The van der Waals surface area contributed by atoms with Crippen molar-refractivity contribution in [3.8, 4) is 11.3 Å². The fourth-order valence-electron chi connectivity index (χ4n) is 6.75. The quantitative estimate of drug-likeness (QED) is 0.210. The van der Waals surface area contributed by atoms with Gasteiger partial charge >= 0.3 is 0 Å². The Balaban J connectivity index is 1.57. The van der Waals surface area contributed by atoms with Crippen LogP contribution in [0.15, 0.2) is 29.7 Å². The van der Waals surface area contributed by atoms with Crippen LogP contribution < -0.4 is 10.6 Å². The van der Waals surface area contributed by atoms with Crippen LogP contribution in [0.3, 0.4) is 0 Å². The summed E-state index contributed by atoms with van der Waals surface area (Å²) in [7, 11) is 1.92. The average molecular weight is 551 g/mol. The normalized spacial score (nSPS) is 25.9. The molecule has 0 unspecified atom stereocenters. The minimum Gasteiger partial charge on any atom is -0.409 e.